The van der Waals surface area contributed by atoms with E-state index in [1.165, 1.54) is 29.2 Å². The minimum Gasteiger partial charge on any atom is -0.508 e. The zero-order valence-corrected chi connectivity index (χ0v) is 10.8. The van der Waals surface area contributed by atoms with Crippen LogP contribution in [-0.2, 0) is 0 Å². The van der Waals surface area contributed by atoms with E-state index in [9.17, 15) is 14.7 Å². The third-order valence-electron chi connectivity index (χ3n) is 2.93. The number of benzene rings is 2. The predicted octanol–water partition coefficient (Wildman–Crippen LogP) is 2.37. The van der Waals surface area contributed by atoms with Crippen LogP contribution in [0.1, 0.15) is 20.7 Å². The number of phenols is 1. The summed E-state index contributed by atoms with van der Waals surface area (Å²) < 4.78 is 0. The topological polar surface area (TPSA) is 77.8 Å². The van der Waals surface area contributed by atoms with Gasteiger partial charge in [0.15, 0.2) is 0 Å². The Bertz CT molecular complexity index is 649. The molecule has 20 heavy (non-hydrogen) atoms. The Labute approximate surface area is 115 Å². The number of nitrogens with zero attached hydrogens (tertiary/aromatic N) is 1. The highest BCUT2D eigenvalue weighted by Gasteiger charge is 2.19. The third-order valence-corrected chi connectivity index (χ3v) is 2.93. The first-order valence-corrected chi connectivity index (χ1v) is 5.90. The number of hydrogen-bond acceptors (Lipinski definition) is 3. The van der Waals surface area contributed by atoms with Crippen LogP contribution in [0.15, 0.2) is 48.5 Å². The molecular weight excluding hydrogens is 258 g/mol. The molecule has 5 nitrogen and oxygen atoms in total. The van der Waals surface area contributed by atoms with Crippen LogP contribution in [0.5, 0.6) is 5.75 Å². The zero-order chi connectivity index (χ0) is 14.7. The minimum atomic E-state index is -1.15. The fourth-order valence-corrected chi connectivity index (χ4v) is 1.83. The van der Waals surface area contributed by atoms with Crippen molar-refractivity contribution in [1.82, 2.24) is 0 Å². The molecule has 0 heterocycles. The molecule has 2 aromatic rings. The van der Waals surface area contributed by atoms with Crippen molar-refractivity contribution < 1.29 is 19.8 Å². The Balaban J connectivity index is 2.36. The summed E-state index contributed by atoms with van der Waals surface area (Å²) in [6.07, 6.45) is 0. The fraction of sp³-hybridized carbons (Fsp3) is 0.0667. The average molecular weight is 271 g/mol. The van der Waals surface area contributed by atoms with Gasteiger partial charge in [-0.15, -0.1) is 0 Å². The van der Waals surface area contributed by atoms with E-state index in [0.29, 0.717) is 5.69 Å². The summed E-state index contributed by atoms with van der Waals surface area (Å²) in [6.45, 7) is 0. The number of phenolic OH excluding ortho intramolecular Hbond substituents is 1. The van der Waals surface area contributed by atoms with Gasteiger partial charge in [-0.1, -0.05) is 12.1 Å². The molecule has 0 aliphatic carbocycles. The zero-order valence-electron chi connectivity index (χ0n) is 10.8. The lowest BCUT2D eigenvalue weighted by Crippen LogP contribution is -2.27. The Morgan fingerprint density at radius 1 is 0.950 bits per heavy atom. The summed E-state index contributed by atoms with van der Waals surface area (Å²) in [5.74, 6) is -1.47. The monoisotopic (exact) mass is 271 g/mol. The van der Waals surface area contributed by atoms with Gasteiger partial charge in [-0.05, 0) is 36.4 Å². The van der Waals surface area contributed by atoms with Crippen LogP contribution < -0.4 is 4.90 Å². The van der Waals surface area contributed by atoms with Gasteiger partial charge in [0, 0.05) is 12.7 Å². The highest BCUT2D eigenvalue weighted by atomic mass is 16.4. The average Bonchev–Trinajstić information content (AvgIpc) is 2.46. The highest BCUT2D eigenvalue weighted by Crippen LogP contribution is 2.20. The van der Waals surface area contributed by atoms with E-state index in [4.69, 9.17) is 5.11 Å². The molecule has 0 bridgehead atoms. The van der Waals surface area contributed by atoms with Gasteiger partial charge in [-0.2, -0.15) is 0 Å². The number of carbonyl (C=O) groups excluding carboxylic acids is 1. The quantitative estimate of drug-likeness (QED) is 0.898. The maximum absolute atomic E-state index is 12.4. The maximum atomic E-state index is 12.4. The number of hydrogen-bond donors (Lipinski definition) is 2. The van der Waals surface area contributed by atoms with Gasteiger partial charge in [0.05, 0.1) is 11.1 Å². The molecule has 5 heteroatoms. The lowest BCUT2D eigenvalue weighted by atomic mass is 10.1. The first-order chi connectivity index (χ1) is 9.50. The van der Waals surface area contributed by atoms with Crippen molar-refractivity contribution in [3.8, 4) is 5.75 Å². The van der Waals surface area contributed by atoms with E-state index >= 15 is 0 Å². The molecule has 0 saturated carbocycles. The lowest BCUT2D eigenvalue weighted by Gasteiger charge is -2.18. The molecule has 0 aliphatic rings. The van der Waals surface area contributed by atoms with Gasteiger partial charge in [0.25, 0.3) is 5.91 Å². The van der Waals surface area contributed by atoms with E-state index in [0.717, 1.165) is 0 Å². The van der Waals surface area contributed by atoms with Gasteiger partial charge in [-0.25, -0.2) is 4.79 Å². The third kappa shape index (κ3) is 2.61. The van der Waals surface area contributed by atoms with E-state index in [-0.39, 0.29) is 16.9 Å². The molecule has 102 valence electrons. The summed E-state index contributed by atoms with van der Waals surface area (Å²) in [5, 5.41) is 18.3. The van der Waals surface area contributed by atoms with Crippen molar-refractivity contribution in [1.29, 1.82) is 0 Å². The number of carboxylic acid groups (broad SMARTS) is 1. The second-order valence-electron chi connectivity index (χ2n) is 4.23. The number of rotatable bonds is 3. The van der Waals surface area contributed by atoms with Crippen molar-refractivity contribution in [2.75, 3.05) is 11.9 Å². The standard InChI is InChI=1S/C15H13NO4/c1-16(10-6-8-11(17)9-7-10)14(18)12-4-2-3-5-13(12)15(19)20/h2-9,17H,1H3,(H,19,20). The van der Waals surface area contributed by atoms with Gasteiger partial charge in [0.2, 0.25) is 0 Å². The number of amides is 1. The van der Waals surface area contributed by atoms with Crippen molar-refractivity contribution >= 4 is 17.6 Å². The molecule has 0 saturated heterocycles. The van der Waals surface area contributed by atoms with E-state index in [2.05, 4.69) is 0 Å². The van der Waals surface area contributed by atoms with Crippen LogP contribution in [0, 0.1) is 0 Å². The van der Waals surface area contributed by atoms with Crippen LogP contribution in [0.2, 0.25) is 0 Å². The van der Waals surface area contributed by atoms with Crippen LogP contribution >= 0.6 is 0 Å². The Hall–Kier alpha value is -2.82. The molecule has 0 fully saturated rings. The second-order valence-corrected chi connectivity index (χ2v) is 4.23. The SMILES string of the molecule is CN(C(=O)c1ccccc1C(=O)O)c1ccc(O)cc1. The molecule has 0 aromatic heterocycles. The molecule has 0 unspecified atom stereocenters. The van der Waals surface area contributed by atoms with Gasteiger partial charge in [-0.3, -0.25) is 4.79 Å². The normalized spacial score (nSPS) is 10.1. The summed E-state index contributed by atoms with van der Waals surface area (Å²) in [6, 6.07) is 12.1. The largest absolute Gasteiger partial charge is 0.508 e. The number of carboxylic acids is 1. The van der Waals surface area contributed by atoms with Crippen LogP contribution in [0.25, 0.3) is 0 Å². The summed E-state index contributed by atoms with van der Waals surface area (Å²) in [5.41, 5.74) is 0.645. The second kappa shape index (κ2) is 5.44. The Morgan fingerprint density at radius 2 is 1.50 bits per heavy atom. The fourth-order valence-electron chi connectivity index (χ4n) is 1.83. The van der Waals surface area contributed by atoms with E-state index in [1.807, 2.05) is 0 Å². The van der Waals surface area contributed by atoms with Crippen molar-refractivity contribution in [2.24, 2.45) is 0 Å². The van der Waals surface area contributed by atoms with Crippen molar-refractivity contribution in [3.63, 3.8) is 0 Å². The first-order valence-electron chi connectivity index (χ1n) is 5.90. The minimum absolute atomic E-state index is 0.0388. The molecule has 0 atom stereocenters. The van der Waals surface area contributed by atoms with E-state index < -0.39 is 11.9 Å². The van der Waals surface area contributed by atoms with Crippen molar-refractivity contribution in [2.45, 2.75) is 0 Å². The van der Waals surface area contributed by atoms with Crippen molar-refractivity contribution in [3.05, 3.63) is 59.7 Å². The van der Waals surface area contributed by atoms with Crippen LogP contribution in [0.3, 0.4) is 0 Å². The summed E-state index contributed by atoms with van der Waals surface area (Å²) in [7, 11) is 1.55. The first kappa shape index (κ1) is 13.6. The number of anilines is 1. The van der Waals surface area contributed by atoms with Crippen LogP contribution in [-0.4, -0.2) is 29.1 Å². The van der Waals surface area contributed by atoms with E-state index in [1.54, 1.807) is 31.3 Å². The van der Waals surface area contributed by atoms with Gasteiger partial charge >= 0.3 is 5.97 Å². The molecule has 2 aromatic carbocycles. The predicted molar refractivity (Wildman–Crippen MR) is 74.2 cm³/mol. The Kier molecular flexibility index (Phi) is 3.70. The molecule has 2 rings (SSSR count). The van der Waals surface area contributed by atoms with Crippen LogP contribution in [0.4, 0.5) is 5.69 Å². The summed E-state index contributed by atoms with van der Waals surface area (Å²) in [4.78, 5) is 24.8. The molecule has 0 spiro atoms. The molecule has 0 radical (unpaired) electrons. The summed E-state index contributed by atoms with van der Waals surface area (Å²) >= 11 is 0. The smallest absolute Gasteiger partial charge is 0.336 e. The molecule has 1 amide bonds. The van der Waals surface area contributed by atoms with Gasteiger partial charge < -0.3 is 15.1 Å². The lowest BCUT2D eigenvalue weighted by molar-refractivity contribution is 0.0692. The maximum Gasteiger partial charge on any atom is 0.336 e. The molecule has 2 N–H and O–H groups in total. The molecule has 0 aliphatic heterocycles. The Morgan fingerprint density at radius 3 is 2.05 bits per heavy atom. The number of aromatic carboxylic acids is 1. The van der Waals surface area contributed by atoms with Gasteiger partial charge in [0.1, 0.15) is 5.75 Å². The number of carbonyl (C=O) groups is 2. The number of aromatic hydroxyl groups is 1. The highest BCUT2D eigenvalue weighted by molar-refractivity contribution is 6.11. The molecular formula is C15H13NO4.